The molecular formula is C31H41ClN4O4S. The van der Waals surface area contributed by atoms with Crippen LogP contribution in [0.15, 0.2) is 72.9 Å². The Morgan fingerprint density at radius 1 is 1.07 bits per heavy atom. The molecule has 1 saturated heterocycles. The zero-order valence-electron chi connectivity index (χ0n) is 24.3. The summed E-state index contributed by atoms with van der Waals surface area (Å²) in [5.41, 5.74) is 2.36. The van der Waals surface area contributed by atoms with Gasteiger partial charge in [-0.1, -0.05) is 80.9 Å². The number of aromatic nitrogens is 1. The van der Waals surface area contributed by atoms with Crippen molar-refractivity contribution in [2.75, 3.05) is 5.88 Å². The SMILES string of the molecule is CC.CC1SCN(C(=O)C(O)[C@H](Cc2ccccc2)NC(=O)c2cccn2C)[C@@H]1C.O=CNCc1ccccc1Cl. The van der Waals surface area contributed by atoms with Crippen molar-refractivity contribution in [3.63, 3.8) is 0 Å². The van der Waals surface area contributed by atoms with Crippen LogP contribution in [-0.2, 0) is 29.6 Å². The highest BCUT2D eigenvalue weighted by atomic mass is 35.5. The molecule has 2 aromatic carbocycles. The fourth-order valence-corrected chi connectivity index (χ4v) is 5.54. The number of carbonyl (C=O) groups is 3. The number of carbonyl (C=O) groups excluding carboxylic acids is 3. The maximum Gasteiger partial charge on any atom is 0.268 e. The molecule has 0 radical (unpaired) electrons. The van der Waals surface area contributed by atoms with Crippen molar-refractivity contribution < 1.29 is 19.5 Å². The number of benzene rings is 2. The van der Waals surface area contributed by atoms with Gasteiger partial charge in [0.25, 0.3) is 11.8 Å². The van der Waals surface area contributed by atoms with E-state index in [4.69, 9.17) is 11.6 Å². The van der Waals surface area contributed by atoms with Gasteiger partial charge in [0.15, 0.2) is 6.10 Å². The highest BCUT2D eigenvalue weighted by Gasteiger charge is 2.38. The van der Waals surface area contributed by atoms with Gasteiger partial charge in [-0.15, -0.1) is 11.8 Å². The van der Waals surface area contributed by atoms with Gasteiger partial charge in [-0.2, -0.15) is 0 Å². The van der Waals surface area contributed by atoms with Gasteiger partial charge in [-0.05, 0) is 42.7 Å². The molecule has 0 aliphatic carbocycles. The lowest BCUT2D eigenvalue weighted by Gasteiger charge is -2.29. The van der Waals surface area contributed by atoms with Crippen molar-refractivity contribution in [1.82, 2.24) is 20.1 Å². The van der Waals surface area contributed by atoms with Crippen molar-refractivity contribution in [2.45, 2.75) is 64.1 Å². The minimum absolute atomic E-state index is 0.0492. The first-order chi connectivity index (χ1) is 19.7. The molecule has 1 aliphatic rings. The van der Waals surface area contributed by atoms with Crippen LogP contribution in [0.5, 0.6) is 0 Å². The third-order valence-electron chi connectivity index (χ3n) is 6.69. The van der Waals surface area contributed by atoms with E-state index < -0.39 is 12.1 Å². The third kappa shape index (κ3) is 9.95. The van der Waals surface area contributed by atoms with Crippen molar-refractivity contribution in [2.24, 2.45) is 7.05 Å². The summed E-state index contributed by atoms with van der Waals surface area (Å²) in [7, 11) is 1.78. The number of nitrogens with zero attached hydrogens (tertiary/aromatic N) is 2. The maximum atomic E-state index is 13.0. The van der Waals surface area contributed by atoms with Crippen LogP contribution in [0.2, 0.25) is 5.02 Å². The van der Waals surface area contributed by atoms with Crippen molar-refractivity contribution in [3.8, 4) is 0 Å². The number of aliphatic hydroxyl groups excluding tert-OH is 1. The van der Waals surface area contributed by atoms with E-state index in [0.717, 1.165) is 11.1 Å². The molecule has 4 atom stereocenters. The maximum absolute atomic E-state index is 13.0. The lowest BCUT2D eigenvalue weighted by molar-refractivity contribution is -0.142. The second-order valence-corrected chi connectivity index (χ2v) is 11.1. The summed E-state index contributed by atoms with van der Waals surface area (Å²) in [5, 5.41) is 17.3. The highest BCUT2D eigenvalue weighted by molar-refractivity contribution is 8.00. The number of aryl methyl sites for hydroxylation is 1. The molecule has 2 unspecified atom stereocenters. The summed E-state index contributed by atoms with van der Waals surface area (Å²) in [6, 6.07) is 19.8. The molecule has 222 valence electrons. The Balaban J connectivity index is 0.000000378. The minimum Gasteiger partial charge on any atom is -0.381 e. The van der Waals surface area contributed by atoms with E-state index in [1.807, 2.05) is 69.3 Å². The number of rotatable bonds is 9. The number of hydrogen-bond donors (Lipinski definition) is 3. The Hall–Kier alpha value is -3.27. The normalized spacial score (nSPS) is 17.2. The molecule has 3 aromatic rings. The van der Waals surface area contributed by atoms with Crippen molar-refractivity contribution >= 4 is 41.6 Å². The van der Waals surface area contributed by atoms with Crippen molar-refractivity contribution in [1.29, 1.82) is 0 Å². The molecular weight excluding hydrogens is 560 g/mol. The Labute approximate surface area is 252 Å². The predicted octanol–water partition coefficient (Wildman–Crippen LogP) is 4.65. The summed E-state index contributed by atoms with van der Waals surface area (Å²) in [4.78, 5) is 37.3. The summed E-state index contributed by atoms with van der Waals surface area (Å²) >= 11 is 7.50. The monoisotopic (exact) mass is 600 g/mol. The number of hydrogen-bond acceptors (Lipinski definition) is 5. The van der Waals surface area contributed by atoms with Gasteiger partial charge in [0.2, 0.25) is 6.41 Å². The van der Waals surface area contributed by atoms with Crippen LogP contribution in [0.1, 0.15) is 49.3 Å². The number of thioether (sulfide) groups is 1. The molecule has 41 heavy (non-hydrogen) atoms. The zero-order chi connectivity index (χ0) is 30.4. The molecule has 0 bridgehead atoms. The third-order valence-corrected chi connectivity index (χ3v) is 8.41. The highest BCUT2D eigenvalue weighted by Crippen LogP contribution is 2.29. The Morgan fingerprint density at radius 2 is 1.73 bits per heavy atom. The second kappa shape index (κ2) is 17.5. The van der Waals surface area contributed by atoms with E-state index in [-0.39, 0.29) is 17.9 Å². The van der Waals surface area contributed by atoms with E-state index in [0.29, 0.717) is 41.2 Å². The lowest BCUT2D eigenvalue weighted by Crippen LogP contribution is -2.54. The Bertz CT molecular complexity index is 1240. The topological polar surface area (TPSA) is 104 Å². The van der Waals surface area contributed by atoms with Crippen LogP contribution in [0, 0.1) is 0 Å². The average molecular weight is 601 g/mol. The van der Waals surface area contributed by atoms with Crippen LogP contribution < -0.4 is 10.6 Å². The van der Waals surface area contributed by atoms with E-state index in [2.05, 4.69) is 17.6 Å². The first-order valence-electron chi connectivity index (χ1n) is 13.7. The van der Waals surface area contributed by atoms with Crippen LogP contribution >= 0.6 is 23.4 Å². The van der Waals surface area contributed by atoms with Gasteiger partial charge in [-0.3, -0.25) is 14.4 Å². The van der Waals surface area contributed by atoms with Gasteiger partial charge < -0.3 is 25.2 Å². The molecule has 10 heteroatoms. The molecule has 8 nitrogen and oxygen atoms in total. The van der Waals surface area contributed by atoms with Gasteiger partial charge in [0.05, 0.1) is 11.9 Å². The summed E-state index contributed by atoms with van der Waals surface area (Å²) in [5.74, 6) is -0.0860. The molecule has 3 amide bonds. The van der Waals surface area contributed by atoms with Crippen molar-refractivity contribution in [3.05, 3.63) is 94.8 Å². The molecule has 3 N–H and O–H groups in total. The molecule has 0 saturated carbocycles. The lowest BCUT2D eigenvalue weighted by atomic mass is 9.99. The minimum atomic E-state index is -1.31. The average Bonchev–Trinajstić information content (AvgIpc) is 3.57. The Morgan fingerprint density at radius 3 is 2.29 bits per heavy atom. The molecule has 4 rings (SSSR count). The van der Waals surface area contributed by atoms with Crippen LogP contribution in [-0.4, -0.2) is 62.1 Å². The van der Waals surface area contributed by atoms with Gasteiger partial charge in [0.1, 0.15) is 5.69 Å². The molecule has 1 aliphatic heterocycles. The van der Waals surface area contributed by atoms with Crippen LogP contribution in [0.4, 0.5) is 0 Å². The molecule has 1 aromatic heterocycles. The number of aliphatic hydroxyl groups is 1. The van der Waals surface area contributed by atoms with Gasteiger partial charge >= 0.3 is 0 Å². The fraction of sp³-hybridized carbons (Fsp3) is 0.387. The van der Waals surface area contributed by atoms with E-state index in [9.17, 15) is 19.5 Å². The fourth-order valence-electron chi connectivity index (χ4n) is 4.16. The summed E-state index contributed by atoms with van der Waals surface area (Å²) in [6.45, 7) is 8.56. The Kier molecular flexibility index (Phi) is 14.5. The first-order valence-corrected chi connectivity index (χ1v) is 15.1. The molecule has 0 spiro atoms. The number of halogens is 1. The van der Waals surface area contributed by atoms with Crippen LogP contribution in [0.25, 0.3) is 0 Å². The summed E-state index contributed by atoms with van der Waals surface area (Å²) < 4.78 is 1.71. The molecule has 2 heterocycles. The van der Waals surface area contributed by atoms with E-state index in [1.165, 1.54) is 0 Å². The van der Waals surface area contributed by atoms with E-state index >= 15 is 0 Å². The van der Waals surface area contributed by atoms with Crippen LogP contribution in [0.3, 0.4) is 0 Å². The largest absolute Gasteiger partial charge is 0.381 e. The standard InChI is InChI=1S/C21H27N3O3S.C8H8ClNO.C2H6/c1-14-15(2)28-13-24(14)21(27)19(25)17(12-16-8-5-4-6-9-16)22-20(26)18-10-7-11-23(18)3;9-8-4-2-1-3-7(8)5-10-6-11;1-2/h4-11,14-15,17,19,25H,12-13H2,1-3H3,(H,22,26);1-4,6H,5H2,(H,10,11);1-2H3/t14-,15?,17+,19?;;/m1../s1. The smallest absolute Gasteiger partial charge is 0.268 e. The van der Waals surface area contributed by atoms with E-state index in [1.54, 1.807) is 52.7 Å². The quantitative estimate of drug-likeness (QED) is 0.310. The first kappa shape index (κ1) is 33.9. The number of nitrogens with one attached hydrogen (secondary N) is 2. The van der Waals surface area contributed by atoms with Gasteiger partial charge in [-0.25, -0.2) is 0 Å². The predicted molar refractivity (Wildman–Crippen MR) is 167 cm³/mol. The zero-order valence-corrected chi connectivity index (χ0v) is 25.9. The van der Waals surface area contributed by atoms with Gasteiger partial charge in [0, 0.05) is 36.1 Å². The summed E-state index contributed by atoms with van der Waals surface area (Å²) in [6.07, 6.45) is 1.50. The number of amides is 3. The molecule has 1 fully saturated rings. The second-order valence-electron chi connectivity index (χ2n) is 9.36.